The fourth-order valence-corrected chi connectivity index (χ4v) is 6.18. The van der Waals surface area contributed by atoms with E-state index in [1.54, 1.807) is 0 Å². The Kier molecular flexibility index (Phi) is 31.2. The van der Waals surface area contributed by atoms with E-state index >= 15 is 0 Å². The van der Waals surface area contributed by atoms with Gasteiger partial charge < -0.3 is 14.8 Å². The first kappa shape index (κ1) is 43.1. The van der Waals surface area contributed by atoms with Crippen molar-refractivity contribution in [2.24, 2.45) is 0 Å². The largest absolute Gasteiger partial charge is 0.463 e. The van der Waals surface area contributed by atoms with E-state index in [2.05, 4.69) is 19.2 Å². The second-order valence-electron chi connectivity index (χ2n) is 13.9. The lowest BCUT2D eigenvalue weighted by molar-refractivity contribution is -0.145. The smallest absolute Gasteiger partial charge is 0.305 e. The molecule has 1 rings (SSSR count). The molecule has 0 aromatic heterocycles. The predicted molar refractivity (Wildman–Crippen MR) is 200 cm³/mol. The molecule has 0 bridgehead atoms. The third-order valence-corrected chi connectivity index (χ3v) is 9.23. The molecule has 47 heavy (non-hydrogen) atoms. The Morgan fingerprint density at radius 3 is 1.38 bits per heavy atom. The van der Waals surface area contributed by atoms with E-state index in [0.717, 1.165) is 31.2 Å². The number of hydrogen-bond donors (Lipinski definition) is 1. The molecule has 0 aliphatic rings. The highest BCUT2D eigenvalue weighted by atomic mass is 16.5. The Balaban J connectivity index is 2.17. The number of ether oxygens (including phenoxy) is 2. The maximum Gasteiger partial charge on any atom is 0.305 e. The molecule has 1 aromatic carbocycles. The third kappa shape index (κ3) is 30.0. The molecule has 0 radical (unpaired) electrons. The van der Waals surface area contributed by atoms with Gasteiger partial charge in [-0.05, 0) is 18.4 Å². The number of amides is 1. The van der Waals surface area contributed by atoms with Gasteiger partial charge in [-0.1, -0.05) is 198 Å². The first-order valence-electron chi connectivity index (χ1n) is 20.2. The summed E-state index contributed by atoms with van der Waals surface area (Å²) in [6, 6.07) is 9.69. The number of rotatable bonds is 35. The second kappa shape index (κ2) is 34.0. The van der Waals surface area contributed by atoms with Crippen LogP contribution in [0.25, 0.3) is 0 Å². The summed E-state index contributed by atoms with van der Waals surface area (Å²) in [6.07, 6.45) is 34.4. The molecule has 0 heterocycles. The zero-order chi connectivity index (χ0) is 33.9. The summed E-state index contributed by atoms with van der Waals surface area (Å²) >= 11 is 0. The number of carbonyl (C=O) groups excluding carboxylic acids is 2. The molecule has 0 saturated carbocycles. The van der Waals surface area contributed by atoms with Crippen LogP contribution in [0.3, 0.4) is 0 Å². The van der Waals surface area contributed by atoms with E-state index in [-0.39, 0.29) is 24.5 Å². The van der Waals surface area contributed by atoms with Crippen LogP contribution in [0.5, 0.6) is 0 Å². The van der Waals surface area contributed by atoms with Crippen molar-refractivity contribution in [1.82, 2.24) is 5.32 Å². The van der Waals surface area contributed by atoms with Crippen molar-refractivity contribution in [1.29, 1.82) is 0 Å². The van der Waals surface area contributed by atoms with Gasteiger partial charge >= 0.3 is 5.97 Å². The molecule has 0 unspecified atom stereocenters. The molecule has 1 atom stereocenters. The van der Waals surface area contributed by atoms with Crippen molar-refractivity contribution in [3.05, 3.63) is 35.9 Å². The molecule has 0 aliphatic heterocycles. The Morgan fingerprint density at radius 1 is 0.532 bits per heavy atom. The predicted octanol–water partition coefficient (Wildman–Crippen LogP) is 12.2. The summed E-state index contributed by atoms with van der Waals surface area (Å²) in [7, 11) is 0. The standard InChI is InChI=1S/C42H75NO4/c1-3-5-7-9-11-13-15-17-19-21-23-25-30-34-41(44)43-40(37-46-36-39-32-28-27-29-33-39)38-47-42(45)35-31-26-24-22-20-18-16-14-12-10-8-6-4-2/h27-29,32-33,40H,3-26,30-31,34-38H2,1-2H3,(H,43,44)/t40-/m0/s1. The lowest BCUT2D eigenvalue weighted by atomic mass is 10.0. The first-order valence-corrected chi connectivity index (χ1v) is 20.2. The summed E-state index contributed by atoms with van der Waals surface area (Å²) in [5.41, 5.74) is 1.09. The van der Waals surface area contributed by atoms with Crippen LogP contribution in [0.15, 0.2) is 30.3 Å². The van der Waals surface area contributed by atoms with Gasteiger partial charge in [-0.25, -0.2) is 0 Å². The Hall–Kier alpha value is -1.88. The average Bonchev–Trinajstić information content (AvgIpc) is 3.08. The van der Waals surface area contributed by atoms with Crippen LogP contribution < -0.4 is 5.32 Å². The van der Waals surface area contributed by atoms with E-state index in [1.165, 1.54) is 141 Å². The van der Waals surface area contributed by atoms with Gasteiger partial charge in [0.05, 0.1) is 19.3 Å². The van der Waals surface area contributed by atoms with Crippen LogP contribution >= 0.6 is 0 Å². The Labute approximate surface area is 291 Å². The second-order valence-corrected chi connectivity index (χ2v) is 13.9. The van der Waals surface area contributed by atoms with E-state index in [9.17, 15) is 9.59 Å². The highest BCUT2D eigenvalue weighted by Gasteiger charge is 2.16. The molecule has 0 spiro atoms. The molecule has 1 amide bonds. The van der Waals surface area contributed by atoms with Crippen molar-refractivity contribution >= 4 is 11.9 Å². The molecule has 1 N–H and O–H groups in total. The van der Waals surface area contributed by atoms with E-state index in [1.807, 2.05) is 30.3 Å². The third-order valence-electron chi connectivity index (χ3n) is 9.23. The summed E-state index contributed by atoms with van der Waals surface area (Å²) in [6.45, 7) is 5.50. The van der Waals surface area contributed by atoms with Crippen LogP contribution in [0.1, 0.15) is 199 Å². The van der Waals surface area contributed by atoms with Crippen molar-refractivity contribution < 1.29 is 19.1 Å². The van der Waals surface area contributed by atoms with E-state index < -0.39 is 0 Å². The van der Waals surface area contributed by atoms with E-state index in [4.69, 9.17) is 9.47 Å². The van der Waals surface area contributed by atoms with Gasteiger partial charge in [0.2, 0.25) is 5.91 Å². The van der Waals surface area contributed by atoms with Gasteiger partial charge in [0.1, 0.15) is 6.61 Å². The maximum atomic E-state index is 12.7. The molecule has 0 aliphatic carbocycles. The topological polar surface area (TPSA) is 64.6 Å². The van der Waals surface area contributed by atoms with Crippen molar-refractivity contribution in [3.63, 3.8) is 0 Å². The summed E-state index contributed by atoms with van der Waals surface area (Å²) in [4.78, 5) is 25.2. The van der Waals surface area contributed by atoms with Crippen LogP contribution in [0, 0.1) is 0 Å². The quantitative estimate of drug-likeness (QED) is 0.0583. The number of nitrogens with one attached hydrogen (secondary N) is 1. The minimum absolute atomic E-state index is 0.0222. The molecular weight excluding hydrogens is 582 g/mol. The van der Waals surface area contributed by atoms with Crippen molar-refractivity contribution in [3.8, 4) is 0 Å². The van der Waals surface area contributed by atoms with Gasteiger partial charge in [0, 0.05) is 12.8 Å². The summed E-state index contributed by atoms with van der Waals surface area (Å²) in [5.74, 6) is -0.152. The lowest BCUT2D eigenvalue weighted by Gasteiger charge is -2.19. The fraction of sp³-hybridized carbons (Fsp3) is 0.810. The van der Waals surface area contributed by atoms with E-state index in [0.29, 0.717) is 26.1 Å². The van der Waals surface area contributed by atoms with Gasteiger partial charge in [0.25, 0.3) is 0 Å². The SMILES string of the molecule is CCCCCCCCCCCCCCCC(=O)N[C@@H](COCc1ccccc1)COC(=O)CCCCCCCCCCCCCCC. The highest BCUT2D eigenvalue weighted by Crippen LogP contribution is 2.15. The van der Waals surface area contributed by atoms with Gasteiger partial charge in [-0.2, -0.15) is 0 Å². The summed E-state index contributed by atoms with van der Waals surface area (Å²) < 4.78 is 11.5. The first-order chi connectivity index (χ1) is 23.2. The van der Waals surface area contributed by atoms with Gasteiger partial charge in [-0.3, -0.25) is 9.59 Å². The van der Waals surface area contributed by atoms with Crippen molar-refractivity contribution in [2.75, 3.05) is 13.2 Å². The number of benzene rings is 1. The van der Waals surface area contributed by atoms with Crippen LogP contribution in [0.2, 0.25) is 0 Å². The Morgan fingerprint density at radius 2 is 0.936 bits per heavy atom. The maximum absolute atomic E-state index is 12.7. The number of esters is 1. The number of unbranched alkanes of at least 4 members (excludes halogenated alkanes) is 24. The average molecular weight is 658 g/mol. The fourth-order valence-electron chi connectivity index (χ4n) is 6.18. The minimum atomic E-state index is -0.330. The summed E-state index contributed by atoms with van der Waals surface area (Å²) in [5, 5.41) is 3.08. The lowest BCUT2D eigenvalue weighted by Crippen LogP contribution is -2.42. The highest BCUT2D eigenvalue weighted by molar-refractivity contribution is 5.76. The normalized spacial score (nSPS) is 11.9. The molecular formula is C42H75NO4. The minimum Gasteiger partial charge on any atom is -0.463 e. The zero-order valence-corrected chi connectivity index (χ0v) is 31.0. The van der Waals surface area contributed by atoms with Crippen LogP contribution in [0.4, 0.5) is 0 Å². The molecule has 1 aromatic rings. The van der Waals surface area contributed by atoms with Crippen LogP contribution in [-0.4, -0.2) is 31.1 Å². The number of carbonyl (C=O) groups is 2. The van der Waals surface area contributed by atoms with Crippen LogP contribution in [-0.2, 0) is 25.7 Å². The van der Waals surface area contributed by atoms with Gasteiger partial charge in [-0.15, -0.1) is 0 Å². The molecule has 0 fully saturated rings. The van der Waals surface area contributed by atoms with Crippen molar-refractivity contribution in [2.45, 2.75) is 206 Å². The zero-order valence-electron chi connectivity index (χ0n) is 31.0. The molecule has 5 heteroatoms. The monoisotopic (exact) mass is 658 g/mol. The number of hydrogen-bond acceptors (Lipinski definition) is 4. The molecule has 0 saturated heterocycles. The Bertz CT molecular complexity index is 814. The molecule has 272 valence electrons. The molecule has 5 nitrogen and oxygen atoms in total. The van der Waals surface area contributed by atoms with Gasteiger partial charge in [0.15, 0.2) is 0 Å².